The molecule has 4 nitrogen and oxygen atoms in total. The van der Waals surface area contributed by atoms with E-state index in [9.17, 15) is 4.79 Å². The second-order valence-electron chi connectivity index (χ2n) is 0.885. The van der Waals surface area contributed by atoms with Gasteiger partial charge in [0.1, 0.15) is 0 Å². The SMILES string of the molecule is O=C1N=NN=C1Br. The second kappa shape index (κ2) is 1.49. The number of carbonyl (C=O) groups excluding carboxylic acids is 1. The molecule has 0 N–H and O–H groups in total. The Morgan fingerprint density at radius 3 is 2.43 bits per heavy atom. The van der Waals surface area contributed by atoms with E-state index in [-0.39, 0.29) is 4.62 Å². The molecule has 36 valence electrons. The summed E-state index contributed by atoms with van der Waals surface area (Å²) >= 11 is 2.82. The van der Waals surface area contributed by atoms with Crippen molar-refractivity contribution in [2.24, 2.45) is 15.4 Å². The lowest BCUT2D eigenvalue weighted by atomic mass is 10.7. The summed E-state index contributed by atoms with van der Waals surface area (Å²) in [6.07, 6.45) is 0. The third-order valence-electron chi connectivity index (χ3n) is 0.445. The van der Waals surface area contributed by atoms with Crippen molar-refractivity contribution in [3.63, 3.8) is 0 Å². The fourth-order valence-electron chi connectivity index (χ4n) is 0.186. The van der Waals surface area contributed by atoms with E-state index in [1.165, 1.54) is 0 Å². The summed E-state index contributed by atoms with van der Waals surface area (Å²) < 4.78 is 0.174. The van der Waals surface area contributed by atoms with Crippen molar-refractivity contribution in [3.05, 3.63) is 0 Å². The van der Waals surface area contributed by atoms with Crippen molar-refractivity contribution in [2.75, 3.05) is 0 Å². The summed E-state index contributed by atoms with van der Waals surface area (Å²) in [5.74, 6) is -0.417. The first-order valence-electron chi connectivity index (χ1n) is 1.49. The van der Waals surface area contributed by atoms with Crippen LogP contribution in [0.15, 0.2) is 15.4 Å². The normalized spacial score (nSPS) is 17.9. The summed E-state index contributed by atoms with van der Waals surface area (Å²) in [6, 6.07) is 0. The van der Waals surface area contributed by atoms with E-state index >= 15 is 0 Å². The monoisotopic (exact) mass is 161 g/mol. The maximum atomic E-state index is 10.1. The molecule has 1 aliphatic heterocycles. The van der Waals surface area contributed by atoms with Crippen molar-refractivity contribution in [3.8, 4) is 0 Å². The first kappa shape index (κ1) is 4.58. The summed E-state index contributed by atoms with van der Waals surface area (Å²) in [5, 5.41) is 9.37. The smallest absolute Gasteiger partial charge is 0.262 e. The predicted octanol–water partition coefficient (Wildman–Crippen LogP) is 0.687. The lowest BCUT2D eigenvalue weighted by Gasteiger charge is -1.69. The van der Waals surface area contributed by atoms with Crippen molar-refractivity contribution in [1.82, 2.24) is 0 Å². The Kier molecular flexibility index (Phi) is 0.976. The number of hydrogen-bond donors (Lipinski definition) is 0. The van der Waals surface area contributed by atoms with Crippen molar-refractivity contribution in [2.45, 2.75) is 0 Å². The fourth-order valence-corrected chi connectivity index (χ4v) is 0.337. The topological polar surface area (TPSA) is 54.1 Å². The molecule has 0 radical (unpaired) electrons. The Balaban J connectivity index is 2.89. The van der Waals surface area contributed by atoms with Gasteiger partial charge in [-0.05, 0) is 21.2 Å². The molecule has 1 aliphatic rings. The molecule has 0 saturated carbocycles. The van der Waals surface area contributed by atoms with Gasteiger partial charge in [-0.25, -0.2) is 0 Å². The van der Waals surface area contributed by atoms with E-state index in [1.54, 1.807) is 0 Å². The van der Waals surface area contributed by atoms with E-state index in [2.05, 4.69) is 31.4 Å². The van der Waals surface area contributed by atoms with Gasteiger partial charge in [0.2, 0.25) is 0 Å². The highest BCUT2D eigenvalue weighted by Gasteiger charge is 2.09. The van der Waals surface area contributed by atoms with Crippen LogP contribution in [0.5, 0.6) is 0 Å². The van der Waals surface area contributed by atoms with Crippen molar-refractivity contribution in [1.29, 1.82) is 0 Å². The van der Waals surface area contributed by atoms with Gasteiger partial charge in [-0.15, -0.1) is 5.10 Å². The van der Waals surface area contributed by atoms with Gasteiger partial charge in [0.05, 0.1) is 0 Å². The fraction of sp³-hybridized carbons (Fsp3) is 0. The summed E-state index contributed by atoms with van der Waals surface area (Å²) in [5.41, 5.74) is 0. The van der Waals surface area contributed by atoms with Crippen LogP contribution in [0.25, 0.3) is 0 Å². The molecule has 0 spiro atoms. The zero-order chi connectivity index (χ0) is 5.28. The number of halogens is 1. The third kappa shape index (κ3) is 0.714. The van der Waals surface area contributed by atoms with Crippen LogP contribution in [0, 0.1) is 0 Å². The maximum absolute atomic E-state index is 10.1. The molecule has 0 unspecified atom stereocenters. The van der Waals surface area contributed by atoms with E-state index in [1.807, 2.05) is 0 Å². The number of rotatable bonds is 0. The van der Waals surface area contributed by atoms with Gasteiger partial charge in [-0.3, -0.25) is 4.79 Å². The molecular formula is C2BrN3O. The lowest BCUT2D eigenvalue weighted by Crippen LogP contribution is -1.95. The summed E-state index contributed by atoms with van der Waals surface area (Å²) in [4.78, 5) is 10.1. The minimum atomic E-state index is -0.417. The molecule has 1 heterocycles. The van der Waals surface area contributed by atoms with Gasteiger partial charge in [0.15, 0.2) is 4.62 Å². The minimum Gasteiger partial charge on any atom is -0.262 e. The molecule has 1 rings (SSSR count). The van der Waals surface area contributed by atoms with Crippen molar-refractivity contribution >= 4 is 26.5 Å². The number of nitrogens with zero attached hydrogens (tertiary/aromatic N) is 3. The summed E-state index contributed by atoms with van der Waals surface area (Å²) in [7, 11) is 0. The predicted molar refractivity (Wildman–Crippen MR) is 26.2 cm³/mol. The number of amides is 1. The average Bonchev–Trinajstić information content (AvgIpc) is 1.91. The van der Waals surface area contributed by atoms with Crippen LogP contribution >= 0.6 is 15.9 Å². The number of carbonyl (C=O) groups is 1. The first-order valence-corrected chi connectivity index (χ1v) is 2.28. The molecular weight excluding hydrogens is 162 g/mol. The Morgan fingerprint density at radius 1 is 1.57 bits per heavy atom. The zero-order valence-corrected chi connectivity index (χ0v) is 4.71. The maximum Gasteiger partial charge on any atom is 0.324 e. The second-order valence-corrected chi connectivity index (χ2v) is 1.64. The Bertz CT molecular complexity index is 160. The van der Waals surface area contributed by atoms with Gasteiger partial charge in [-0.1, -0.05) is 5.11 Å². The third-order valence-corrected chi connectivity index (χ3v) is 0.942. The van der Waals surface area contributed by atoms with E-state index < -0.39 is 5.91 Å². The molecule has 0 bridgehead atoms. The Hall–Kier alpha value is -0.580. The molecule has 0 saturated heterocycles. The molecule has 0 aliphatic carbocycles. The molecule has 0 aromatic carbocycles. The molecule has 0 aromatic rings. The van der Waals surface area contributed by atoms with E-state index in [0.29, 0.717) is 0 Å². The van der Waals surface area contributed by atoms with Crippen LogP contribution in [0.1, 0.15) is 0 Å². The van der Waals surface area contributed by atoms with Gasteiger partial charge in [0, 0.05) is 0 Å². The molecule has 0 fully saturated rings. The highest BCUT2D eigenvalue weighted by atomic mass is 79.9. The largest absolute Gasteiger partial charge is 0.324 e. The Labute approximate surface area is 47.4 Å². The average molecular weight is 162 g/mol. The van der Waals surface area contributed by atoms with Gasteiger partial charge >= 0.3 is 5.91 Å². The van der Waals surface area contributed by atoms with Crippen LogP contribution in [-0.4, -0.2) is 10.5 Å². The van der Waals surface area contributed by atoms with Gasteiger partial charge in [-0.2, -0.15) is 0 Å². The lowest BCUT2D eigenvalue weighted by molar-refractivity contribution is -0.111. The Morgan fingerprint density at radius 2 is 2.29 bits per heavy atom. The van der Waals surface area contributed by atoms with E-state index in [4.69, 9.17) is 0 Å². The van der Waals surface area contributed by atoms with Crippen LogP contribution in [0.2, 0.25) is 0 Å². The highest BCUT2D eigenvalue weighted by Crippen LogP contribution is 2.00. The molecule has 1 amide bonds. The quantitative estimate of drug-likeness (QED) is 0.516. The van der Waals surface area contributed by atoms with Crippen LogP contribution in [0.4, 0.5) is 0 Å². The first-order chi connectivity index (χ1) is 3.30. The van der Waals surface area contributed by atoms with Gasteiger partial charge in [0.25, 0.3) is 0 Å². The standard InChI is InChI=1S/C2BrN3O/c3-1-2(7)5-6-4-1. The molecule has 0 atom stereocenters. The van der Waals surface area contributed by atoms with Crippen LogP contribution in [-0.2, 0) is 4.79 Å². The van der Waals surface area contributed by atoms with Gasteiger partial charge < -0.3 is 0 Å². The van der Waals surface area contributed by atoms with Crippen molar-refractivity contribution < 1.29 is 4.79 Å². The zero-order valence-electron chi connectivity index (χ0n) is 3.13. The summed E-state index contributed by atoms with van der Waals surface area (Å²) in [6.45, 7) is 0. The highest BCUT2D eigenvalue weighted by molar-refractivity contribution is 9.19. The molecule has 5 heteroatoms. The minimum absolute atomic E-state index is 0.174. The van der Waals surface area contributed by atoms with E-state index in [0.717, 1.165) is 0 Å². The van der Waals surface area contributed by atoms with Crippen LogP contribution in [0.3, 0.4) is 0 Å². The molecule has 0 aromatic heterocycles. The van der Waals surface area contributed by atoms with Crippen LogP contribution < -0.4 is 0 Å². The molecule has 7 heavy (non-hydrogen) atoms. The number of hydrogen-bond acceptors (Lipinski definition) is 3.